The summed E-state index contributed by atoms with van der Waals surface area (Å²) >= 11 is 0. The van der Waals surface area contributed by atoms with Crippen LogP contribution in [0.4, 0.5) is 0 Å². The second-order valence-electron chi connectivity index (χ2n) is 7.02. The molecular formula is C18H31N3. The fourth-order valence-electron chi connectivity index (χ4n) is 3.28. The van der Waals surface area contributed by atoms with E-state index in [0.29, 0.717) is 0 Å². The number of rotatable bonds is 5. The molecule has 0 spiro atoms. The van der Waals surface area contributed by atoms with Crippen LogP contribution in [0.15, 0.2) is 18.2 Å². The molecule has 0 amide bonds. The molecule has 1 aromatic rings. The molecular weight excluding hydrogens is 258 g/mol. The van der Waals surface area contributed by atoms with Crippen LogP contribution >= 0.6 is 0 Å². The number of hydrogen-bond acceptors (Lipinski definition) is 3. The first kappa shape index (κ1) is 16.5. The van der Waals surface area contributed by atoms with E-state index < -0.39 is 0 Å². The van der Waals surface area contributed by atoms with Crippen LogP contribution in [0.2, 0.25) is 0 Å². The molecule has 0 saturated carbocycles. The Balaban J connectivity index is 1.85. The standard InChI is InChI=1S/C18H31N3/c1-14(2)12-20-5-7-21(8-6-20)13-18(19)17-10-15(3)9-16(4)11-17/h9-11,14,18H,5-8,12-13,19H2,1-4H3. The summed E-state index contributed by atoms with van der Waals surface area (Å²) < 4.78 is 0. The van der Waals surface area contributed by atoms with Gasteiger partial charge in [-0.05, 0) is 25.3 Å². The van der Waals surface area contributed by atoms with E-state index in [1.54, 1.807) is 0 Å². The van der Waals surface area contributed by atoms with E-state index in [2.05, 4.69) is 55.7 Å². The molecule has 1 atom stereocenters. The molecule has 1 aliphatic rings. The van der Waals surface area contributed by atoms with Crippen molar-refractivity contribution >= 4 is 0 Å². The van der Waals surface area contributed by atoms with Gasteiger partial charge in [0.1, 0.15) is 0 Å². The lowest BCUT2D eigenvalue weighted by molar-refractivity contribution is 0.117. The summed E-state index contributed by atoms with van der Waals surface area (Å²) in [5, 5.41) is 0. The van der Waals surface area contributed by atoms with Gasteiger partial charge in [0, 0.05) is 45.3 Å². The lowest BCUT2D eigenvalue weighted by atomic mass is 10.0. The SMILES string of the molecule is Cc1cc(C)cc(C(N)CN2CCN(CC(C)C)CC2)c1. The summed E-state index contributed by atoms with van der Waals surface area (Å²) in [4.78, 5) is 5.09. The Bertz CT molecular complexity index is 428. The second kappa shape index (κ2) is 7.39. The third kappa shape index (κ3) is 5.10. The van der Waals surface area contributed by atoms with E-state index in [-0.39, 0.29) is 6.04 Å². The monoisotopic (exact) mass is 289 g/mol. The minimum Gasteiger partial charge on any atom is -0.323 e. The van der Waals surface area contributed by atoms with Crippen molar-refractivity contribution in [3.05, 3.63) is 34.9 Å². The summed E-state index contributed by atoms with van der Waals surface area (Å²) in [6.45, 7) is 15.7. The summed E-state index contributed by atoms with van der Waals surface area (Å²) in [7, 11) is 0. The van der Waals surface area contributed by atoms with Crippen LogP contribution in [-0.4, -0.2) is 49.1 Å². The fourth-order valence-corrected chi connectivity index (χ4v) is 3.28. The van der Waals surface area contributed by atoms with Crippen molar-refractivity contribution in [1.29, 1.82) is 0 Å². The van der Waals surface area contributed by atoms with Crippen molar-refractivity contribution in [1.82, 2.24) is 9.80 Å². The van der Waals surface area contributed by atoms with Gasteiger partial charge in [-0.2, -0.15) is 0 Å². The number of nitrogens with zero attached hydrogens (tertiary/aromatic N) is 2. The van der Waals surface area contributed by atoms with Crippen molar-refractivity contribution in [2.24, 2.45) is 11.7 Å². The number of piperazine rings is 1. The van der Waals surface area contributed by atoms with E-state index in [1.807, 2.05) is 0 Å². The van der Waals surface area contributed by atoms with E-state index in [9.17, 15) is 0 Å². The van der Waals surface area contributed by atoms with E-state index in [1.165, 1.54) is 36.3 Å². The van der Waals surface area contributed by atoms with Gasteiger partial charge in [0.25, 0.3) is 0 Å². The normalized spacial score (nSPS) is 19.1. The summed E-state index contributed by atoms with van der Waals surface area (Å²) in [5.41, 5.74) is 10.3. The van der Waals surface area contributed by atoms with Crippen LogP contribution in [0.25, 0.3) is 0 Å². The average Bonchev–Trinajstić information content (AvgIpc) is 2.39. The number of nitrogens with two attached hydrogens (primary N) is 1. The molecule has 3 heteroatoms. The van der Waals surface area contributed by atoms with Gasteiger partial charge >= 0.3 is 0 Å². The Morgan fingerprint density at radius 1 is 0.905 bits per heavy atom. The van der Waals surface area contributed by atoms with Crippen LogP contribution in [-0.2, 0) is 0 Å². The van der Waals surface area contributed by atoms with Crippen molar-refractivity contribution < 1.29 is 0 Å². The largest absolute Gasteiger partial charge is 0.323 e. The molecule has 1 aliphatic heterocycles. The minimum absolute atomic E-state index is 0.125. The quantitative estimate of drug-likeness (QED) is 0.904. The third-order valence-corrected chi connectivity index (χ3v) is 4.22. The van der Waals surface area contributed by atoms with E-state index in [4.69, 9.17) is 5.73 Å². The molecule has 2 N–H and O–H groups in total. The van der Waals surface area contributed by atoms with Crippen LogP contribution in [0, 0.1) is 19.8 Å². The van der Waals surface area contributed by atoms with Crippen LogP contribution in [0.3, 0.4) is 0 Å². The van der Waals surface area contributed by atoms with Crippen molar-refractivity contribution in [2.45, 2.75) is 33.7 Å². The molecule has 0 radical (unpaired) electrons. The maximum absolute atomic E-state index is 6.42. The van der Waals surface area contributed by atoms with Crippen molar-refractivity contribution in [2.75, 3.05) is 39.3 Å². The summed E-state index contributed by atoms with van der Waals surface area (Å²) in [6.07, 6.45) is 0. The summed E-state index contributed by atoms with van der Waals surface area (Å²) in [6, 6.07) is 6.79. The van der Waals surface area contributed by atoms with Crippen LogP contribution in [0.5, 0.6) is 0 Å². The van der Waals surface area contributed by atoms with Crippen LogP contribution in [0.1, 0.15) is 36.6 Å². The third-order valence-electron chi connectivity index (χ3n) is 4.22. The molecule has 1 heterocycles. The number of hydrogen-bond donors (Lipinski definition) is 1. The van der Waals surface area contributed by atoms with Crippen molar-refractivity contribution in [3.63, 3.8) is 0 Å². The highest BCUT2D eigenvalue weighted by molar-refractivity contribution is 5.30. The Kier molecular flexibility index (Phi) is 5.80. The number of benzene rings is 1. The van der Waals surface area contributed by atoms with Gasteiger partial charge in [-0.25, -0.2) is 0 Å². The first-order valence-corrected chi connectivity index (χ1v) is 8.22. The first-order valence-electron chi connectivity index (χ1n) is 8.22. The molecule has 1 unspecified atom stereocenters. The van der Waals surface area contributed by atoms with Gasteiger partial charge in [-0.3, -0.25) is 4.90 Å². The zero-order chi connectivity index (χ0) is 15.4. The molecule has 2 rings (SSSR count). The fraction of sp³-hybridized carbons (Fsp3) is 0.667. The van der Waals surface area contributed by atoms with Crippen molar-refractivity contribution in [3.8, 4) is 0 Å². The predicted molar refractivity (Wildman–Crippen MR) is 90.6 cm³/mol. The van der Waals surface area contributed by atoms with Gasteiger partial charge in [-0.1, -0.05) is 43.2 Å². The highest BCUT2D eigenvalue weighted by Gasteiger charge is 2.19. The van der Waals surface area contributed by atoms with Gasteiger partial charge in [0.15, 0.2) is 0 Å². The Labute approximate surface area is 130 Å². The lowest BCUT2D eigenvalue weighted by Gasteiger charge is -2.36. The summed E-state index contributed by atoms with van der Waals surface area (Å²) in [5.74, 6) is 0.758. The number of aryl methyl sites for hydroxylation is 2. The second-order valence-corrected chi connectivity index (χ2v) is 7.02. The Hall–Kier alpha value is -0.900. The topological polar surface area (TPSA) is 32.5 Å². The Morgan fingerprint density at radius 2 is 1.38 bits per heavy atom. The van der Waals surface area contributed by atoms with E-state index >= 15 is 0 Å². The maximum atomic E-state index is 6.42. The minimum atomic E-state index is 0.125. The molecule has 0 aliphatic carbocycles. The molecule has 1 aromatic carbocycles. The molecule has 0 aromatic heterocycles. The molecule has 1 saturated heterocycles. The zero-order valence-corrected chi connectivity index (χ0v) is 14.1. The molecule has 1 fully saturated rings. The van der Waals surface area contributed by atoms with Crippen LogP contribution < -0.4 is 5.73 Å². The van der Waals surface area contributed by atoms with Gasteiger partial charge < -0.3 is 10.6 Å². The van der Waals surface area contributed by atoms with Gasteiger partial charge in [-0.15, -0.1) is 0 Å². The van der Waals surface area contributed by atoms with E-state index in [0.717, 1.165) is 25.6 Å². The highest BCUT2D eigenvalue weighted by atomic mass is 15.3. The lowest BCUT2D eigenvalue weighted by Crippen LogP contribution is -2.49. The molecule has 118 valence electrons. The first-order chi connectivity index (χ1) is 9.94. The maximum Gasteiger partial charge on any atom is 0.0424 e. The molecule has 21 heavy (non-hydrogen) atoms. The van der Waals surface area contributed by atoms with Gasteiger partial charge in [0.05, 0.1) is 0 Å². The highest BCUT2D eigenvalue weighted by Crippen LogP contribution is 2.17. The zero-order valence-electron chi connectivity index (χ0n) is 14.1. The van der Waals surface area contributed by atoms with Gasteiger partial charge in [0.2, 0.25) is 0 Å². The smallest absolute Gasteiger partial charge is 0.0424 e. The predicted octanol–water partition coefficient (Wildman–Crippen LogP) is 2.58. The average molecular weight is 289 g/mol. The Morgan fingerprint density at radius 3 is 1.86 bits per heavy atom. The molecule has 0 bridgehead atoms. The molecule has 3 nitrogen and oxygen atoms in total.